The van der Waals surface area contributed by atoms with Crippen molar-refractivity contribution in [3.63, 3.8) is 0 Å². The Bertz CT molecular complexity index is 801. The minimum Gasteiger partial charge on any atom is -0.376 e. The third-order valence-corrected chi connectivity index (χ3v) is 3.89. The number of carbonyl (C=O) groups is 2. The molecule has 0 aromatic carbocycles. The SMILES string of the molecule is CC1=C(COCC(C)(C)C)C(=O)N(Nc2ccc(C(F)(F)F)c(Cl)n2)C1=O. The van der Waals surface area contributed by atoms with Crippen molar-refractivity contribution >= 4 is 29.2 Å². The van der Waals surface area contributed by atoms with E-state index < -0.39 is 28.7 Å². The van der Waals surface area contributed by atoms with Gasteiger partial charge in [0.05, 0.1) is 24.4 Å². The Morgan fingerprint density at radius 1 is 1.19 bits per heavy atom. The Morgan fingerprint density at radius 2 is 1.81 bits per heavy atom. The number of alkyl halides is 3. The zero-order valence-electron chi connectivity index (χ0n) is 15.2. The number of pyridine rings is 1. The summed E-state index contributed by atoms with van der Waals surface area (Å²) in [6.45, 7) is 7.70. The van der Waals surface area contributed by atoms with E-state index in [1.165, 1.54) is 6.92 Å². The van der Waals surface area contributed by atoms with E-state index in [-0.39, 0.29) is 29.0 Å². The van der Waals surface area contributed by atoms with Crippen LogP contribution < -0.4 is 5.43 Å². The molecule has 0 radical (unpaired) electrons. The van der Waals surface area contributed by atoms with E-state index in [2.05, 4.69) is 10.4 Å². The third-order valence-electron chi connectivity index (χ3n) is 3.60. The molecule has 0 fully saturated rings. The van der Waals surface area contributed by atoms with Crippen LogP contribution in [-0.4, -0.2) is 35.0 Å². The number of carbonyl (C=O) groups excluding carboxylic acids is 2. The van der Waals surface area contributed by atoms with Gasteiger partial charge >= 0.3 is 6.18 Å². The standard InChI is InChI=1S/C17H19ClF3N3O3/c1-9-10(7-27-8-16(2,3)4)15(26)24(14(9)25)23-12-6-5-11(13(18)22-12)17(19,20)21/h5-6H,7-8H2,1-4H3,(H,22,23). The number of halogens is 4. The Kier molecular flexibility index (Phi) is 5.86. The first-order valence-corrected chi connectivity index (χ1v) is 8.36. The molecule has 1 aliphatic rings. The molecule has 0 bridgehead atoms. The maximum atomic E-state index is 12.7. The highest BCUT2D eigenvalue weighted by molar-refractivity contribution is 6.30. The van der Waals surface area contributed by atoms with E-state index in [0.717, 1.165) is 12.1 Å². The number of anilines is 1. The van der Waals surface area contributed by atoms with Crippen LogP contribution in [0.25, 0.3) is 0 Å². The fourth-order valence-electron chi connectivity index (χ4n) is 2.24. The number of nitrogens with zero attached hydrogens (tertiary/aromatic N) is 2. The summed E-state index contributed by atoms with van der Waals surface area (Å²) in [7, 11) is 0. The van der Waals surface area contributed by atoms with E-state index in [1.807, 2.05) is 20.8 Å². The van der Waals surface area contributed by atoms with Crippen molar-refractivity contribution < 1.29 is 27.5 Å². The Hall–Kier alpha value is -2.13. The van der Waals surface area contributed by atoms with Gasteiger partial charge in [0.15, 0.2) is 0 Å². The molecule has 0 atom stereocenters. The first-order valence-electron chi connectivity index (χ1n) is 7.98. The van der Waals surface area contributed by atoms with Crippen LogP contribution in [0.4, 0.5) is 19.0 Å². The van der Waals surface area contributed by atoms with Crippen LogP contribution in [0.2, 0.25) is 5.15 Å². The van der Waals surface area contributed by atoms with Crippen LogP contribution in [-0.2, 0) is 20.5 Å². The van der Waals surface area contributed by atoms with Crippen LogP contribution in [0.3, 0.4) is 0 Å². The van der Waals surface area contributed by atoms with E-state index in [4.69, 9.17) is 16.3 Å². The van der Waals surface area contributed by atoms with Crippen molar-refractivity contribution in [2.75, 3.05) is 18.6 Å². The van der Waals surface area contributed by atoms with Gasteiger partial charge in [-0.1, -0.05) is 32.4 Å². The molecule has 0 saturated carbocycles. The number of nitrogens with one attached hydrogen (secondary N) is 1. The molecule has 0 spiro atoms. The van der Waals surface area contributed by atoms with Crippen LogP contribution in [0.5, 0.6) is 0 Å². The maximum Gasteiger partial charge on any atom is 0.419 e. The molecular formula is C17H19ClF3N3O3. The summed E-state index contributed by atoms with van der Waals surface area (Å²) in [5, 5.41) is -0.109. The summed E-state index contributed by atoms with van der Waals surface area (Å²) in [5.74, 6) is -1.45. The summed E-state index contributed by atoms with van der Waals surface area (Å²) in [6, 6.07) is 1.70. The van der Waals surface area contributed by atoms with E-state index in [1.54, 1.807) is 0 Å². The monoisotopic (exact) mass is 405 g/mol. The van der Waals surface area contributed by atoms with Gasteiger partial charge in [0, 0.05) is 5.57 Å². The van der Waals surface area contributed by atoms with Crippen LogP contribution >= 0.6 is 11.6 Å². The van der Waals surface area contributed by atoms with Crippen LogP contribution in [0.1, 0.15) is 33.3 Å². The van der Waals surface area contributed by atoms with Crippen molar-refractivity contribution in [3.8, 4) is 0 Å². The predicted molar refractivity (Wildman–Crippen MR) is 92.7 cm³/mol. The van der Waals surface area contributed by atoms with Gasteiger partial charge in [-0.2, -0.15) is 18.2 Å². The molecule has 0 unspecified atom stereocenters. The highest BCUT2D eigenvalue weighted by Crippen LogP contribution is 2.34. The topological polar surface area (TPSA) is 71.5 Å². The van der Waals surface area contributed by atoms with Crippen molar-refractivity contribution in [1.29, 1.82) is 0 Å². The Labute approximate surface area is 159 Å². The smallest absolute Gasteiger partial charge is 0.376 e. The number of rotatable bonds is 5. The molecule has 2 heterocycles. The molecule has 10 heteroatoms. The minimum atomic E-state index is -4.66. The van der Waals surface area contributed by atoms with Gasteiger partial charge in [-0.3, -0.25) is 15.0 Å². The average molecular weight is 406 g/mol. The van der Waals surface area contributed by atoms with E-state index >= 15 is 0 Å². The lowest BCUT2D eigenvalue weighted by atomic mass is 9.99. The largest absolute Gasteiger partial charge is 0.419 e. The fraction of sp³-hybridized carbons (Fsp3) is 0.471. The second-order valence-corrected chi connectivity index (χ2v) is 7.61. The highest BCUT2D eigenvalue weighted by Gasteiger charge is 2.37. The fourth-order valence-corrected chi connectivity index (χ4v) is 2.50. The van der Waals surface area contributed by atoms with Gasteiger partial charge in [-0.05, 0) is 24.5 Å². The number of hydrogen-bond donors (Lipinski definition) is 1. The molecule has 1 aromatic heterocycles. The number of imide groups is 1. The third kappa shape index (κ3) is 4.98. The molecule has 1 N–H and O–H groups in total. The predicted octanol–water partition coefficient (Wildman–Crippen LogP) is 3.83. The number of ether oxygens (including phenoxy) is 1. The quantitative estimate of drug-likeness (QED) is 0.595. The summed E-state index contributed by atoms with van der Waals surface area (Å²) in [4.78, 5) is 28.3. The van der Waals surface area contributed by atoms with Crippen molar-refractivity contribution in [2.24, 2.45) is 5.41 Å². The lowest BCUT2D eigenvalue weighted by molar-refractivity contribution is -0.138. The first-order chi connectivity index (χ1) is 12.3. The molecule has 0 saturated heterocycles. The van der Waals surface area contributed by atoms with Crippen LogP contribution in [0, 0.1) is 5.41 Å². The number of hydrogen-bond acceptors (Lipinski definition) is 5. The summed E-state index contributed by atoms with van der Waals surface area (Å²) in [5.41, 5.74) is 1.55. The van der Waals surface area contributed by atoms with Crippen LogP contribution in [0.15, 0.2) is 23.3 Å². The molecule has 1 aliphatic heterocycles. The van der Waals surface area contributed by atoms with Gasteiger partial charge in [0.25, 0.3) is 11.8 Å². The zero-order chi connectivity index (χ0) is 20.6. The molecule has 6 nitrogen and oxygen atoms in total. The normalized spacial score (nSPS) is 15.8. The van der Waals surface area contributed by atoms with Crippen molar-refractivity contribution in [2.45, 2.75) is 33.9 Å². The van der Waals surface area contributed by atoms with E-state index in [0.29, 0.717) is 11.6 Å². The zero-order valence-corrected chi connectivity index (χ0v) is 16.0. The molecule has 2 amide bonds. The minimum absolute atomic E-state index is 0.0486. The number of hydrazine groups is 1. The first kappa shape index (κ1) is 21.2. The van der Waals surface area contributed by atoms with Gasteiger partial charge < -0.3 is 4.74 Å². The molecular weight excluding hydrogens is 387 g/mol. The second kappa shape index (κ2) is 7.47. The summed E-state index contributed by atoms with van der Waals surface area (Å²) < 4.78 is 43.7. The highest BCUT2D eigenvalue weighted by atomic mass is 35.5. The van der Waals surface area contributed by atoms with Gasteiger partial charge in [0.2, 0.25) is 0 Å². The average Bonchev–Trinajstić information content (AvgIpc) is 2.70. The van der Waals surface area contributed by atoms with Crippen molar-refractivity contribution in [1.82, 2.24) is 9.99 Å². The molecule has 2 rings (SSSR count). The summed E-state index contributed by atoms with van der Waals surface area (Å²) >= 11 is 5.55. The number of amides is 2. The van der Waals surface area contributed by atoms with E-state index in [9.17, 15) is 22.8 Å². The molecule has 148 valence electrons. The second-order valence-electron chi connectivity index (χ2n) is 7.25. The molecule has 1 aromatic rings. The lowest BCUT2D eigenvalue weighted by Gasteiger charge is -2.19. The molecule has 27 heavy (non-hydrogen) atoms. The molecule has 0 aliphatic carbocycles. The van der Waals surface area contributed by atoms with Gasteiger partial charge in [0.1, 0.15) is 11.0 Å². The van der Waals surface area contributed by atoms with Gasteiger partial charge in [-0.25, -0.2) is 4.98 Å². The maximum absolute atomic E-state index is 12.7. The number of aromatic nitrogens is 1. The lowest BCUT2D eigenvalue weighted by Crippen LogP contribution is -2.37. The summed E-state index contributed by atoms with van der Waals surface area (Å²) in [6.07, 6.45) is -4.66. The Balaban J connectivity index is 2.12. The van der Waals surface area contributed by atoms with Gasteiger partial charge in [-0.15, -0.1) is 0 Å². The Morgan fingerprint density at radius 3 is 2.33 bits per heavy atom. The van der Waals surface area contributed by atoms with Crippen molar-refractivity contribution in [3.05, 3.63) is 34.0 Å².